The van der Waals surface area contributed by atoms with Gasteiger partial charge in [-0.3, -0.25) is 0 Å². The first-order chi connectivity index (χ1) is 8.69. The molecule has 0 saturated carbocycles. The number of rotatable bonds is 5. The van der Waals surface area contributed by atoms with Crippen LogP contribution in [0.4, 0.5) is 0 Å². The maximum atomic E-state index is 11.1. The van der Waals surface area contributed by atoms with Crippen LogP contribution in [0.5, 0.6) is 5.75 Å². The van der Waals surface area contributed by atoms with Gasteiger partial charge in [-0.2, -0.15) is 0 Å². The van der Waals surface area contributed by atoms with Crippen molar-refractivity contribution in [2.24, 2.45) is 0 Å². The fourth-order valence-corrected chi connectivity index (χ4v) is 1.76. The average Bonchev–Trinajstić information content (AvgIpc) is 2.69. The van der Waals surface area contributed by atoms with Crippen LogP contribution in [0.2, 0.25) is 0 Å². The quantitative estimate of drug-likeness (QED) is 0.591. The van der Waals surface area contributed by atoms with E-state index in [0.29, 0.717) is 25.2 Å². The highest BCUT2D eigenvalue weighted by Crippen LogP contribution is 2.19. The van der Waals surface area contributed by atoms with Crippen LogP contribution in [0.25, 0.3) is 0 Å². The van der Waals surface area contributed by atoms with Crippen molar-refractivity contribution in [1.82, 2.24) is 0 Å². The summed E-state index contributed by atoms with van der Waals surface area (Å²) in [6.07, 6.45) is 0.366. The minimum Gasteiger partial charge on any atom is -0.497 e. The van der Waals surface area contributed by atoms with Crippen LogP contribution < -0.4 is 4.74 Å². The van der Waals surface area contributed by atoms with E-state index in [4.69, 9.17) is 14.2 Å². The standard InChI is InChI=1S/C14H16O4/c1-10-7-13(18-14(10)15)9-17-8-11-3-5-12(16-2)6-4-11/h3-6,13H,1,7-9H2,2H3. The van der Waals surface area contributed by atoms with Gasteiger partial charge in [-0.25, -0.2) is 4.79 Å². The summed E-state index contributed by atoms with van der Waals surface area (Å²) < 4.78 is 15.6. The number of cyclic esters (lactones) is 1. The fraction of sp³-hybridized carbons (Fsp3) is 0.357. The lowest BCUT2D eigenvalue weighted by molar-refractivity contribution is -0.141. The Morgan fingerprint density at radius 3 is 2.67 bits per heavy atom. The van der Waals surface area contributed by atoms with Crippen LogP contribution in [0, 0.1) is 0 Å². The van der Waals surface area contributed by atoms with Crippen molar-refractivity contribution in [3.63, 3.8) is 0 Å². The van der Waals surface area contributed by atoms with Gasteiger partial charge in [0.25, 0.3) is 0 Å². The van der Waals surface area contributed by atoms with Gasteiger partial charge >= 0.3 is 5.97 Å². The van der Waals surface area contributed by atoms with E-state index < -0.39 is 0 Å². The van der Waals surface area contributed by atoms with Gasteiger partial charge in [0.05, 0.1) is 20.3 Å². The van der Waals surface area contributed by atoms with Crippen molar-refractivity contribution >= 4 is 5.97 Å². The van der Waals surface area contributed by atoms with Crippen LogP contribution in [0.1, 0.15) is 12.0 Å². The Hall–Kier alpha value is -1.81. The summed E-state index contributed by atoms with van der Waals surface area (Å²) >= 11 is 0. The van der Waals surface area contributed by atoms with Crippen molar-refractivity contribution in [3.8, 4) is 5.75 Å². The average molecular weight is 248 g/mol. The monoisotopic (exact) mass is 248 g/mol. The zero-order chi connectivity index (χ0) is 13.0. The Labute approximate surface area is 106 Å². The lowest BCUT2D eigenvalue weighted by Gasteiger charge is -2.09. The van der Waals surface area contributed by atoms with E-state index >= 15 is 0 Å². The molecule has 1 aromatic carbocycles. The normalized spacial score (nSPS) is 18.8. The molecule has 0 aromatic heterocycles. The molecule has 0 radical (unpaired) electrons. The molecule has 0 amide bonds. The van der Waals surface area contributed by atoms with Crippen molar-refractivity contribution < 1.29 is 19.0 Å². The van der Waals surface area contributed by atoms with Gasteiger partial charge in [0, 0.05) is 12.0 Å². The number of ether oxygens (including phenoxy) is 3. The molecule has 4 nitrogen and oxygen atoms in total. The third-order valence-electron chi connectivity index (χ3n) is 2.77. The maximum absolute atomic E-state index is 11.1. The van der Waals surface area contributed by atoms with Crippen LogP contribution in [0.3, 0.4) is 0 Å². The van der Waals surface area contributed by atoms with Crippen molar-refractivity contribution in [2.75, 3.05) is 13.7 Å². The molecule has 1 aromatic rings. The van der Waals surface area contributed by atoms with E-state index in [9.17, 15) is 4.79 Å². The molecular formula is C14H16O4. The smallest absolute Gasteiger partial charge is 0.333 e. The molecule has 0 aliphatic carbocycles. The summed E-state index contributed by atoms with van der Waals surface area (Å²) in [4.78, 5) is 11.1. The number of methoxy groups -OCH3 is 1. The second kappa shape index (κ2) is 5.69. The molecule has 0 N–H and O–H groups in total. The van der Waals surface area contributed by atoms with Crippen molar-refractivity contribution in [2.45, 2.75) is 19.1 Å². The summed E-state index contributed by atoms with van der Waals surface area (Å²) in [5, 5.41) is 0. The molecule has 96 valence electrons. The molecule has 1 fully saturated rings. The number of benzene rings is 1. The first-order valence-corrected chi connectivity index (χ1v) is 5.78. The molecule has 1 aliphatic rings. The number of hydrogen-bond donors (Lipinski definition) is 0. The minimum absolute atomic E-state index is 0.191. The lowest BCUT2D eigenvalue weighted by atomic mass is 10.2. The van der Waals surface area contributed by atoms with Crippen LogP contribution in [0.15, 0.2) is 36.4 Å². The van der Waals surface area contributed by atoms with Gasteiger partial charge in [0.2, 0.25) is 0 Å². The first-order valence-electron chi connectivity index (χ1n) is 5.78. The molecule has 1 unspecified atom stereocenters. The van der Waals surface area contributed by atoms with Crippen LogP contribution >= 0.6 is 0 Å². The highest BCUT2D eigenvalue weighted by atomic mass is 16.6. The molecular weight excluding hydrogens is 232 g/mol. The number of carbonyl (C=O) groups excluding carboxylic acids is 1. The highest BCUT2D eigenvalue weighted by molar-refractivity contribution is 5.89. The minimum atomic E-state index is -0.312. The molecule has 1 aliphatic heterocycles. The molecule has 0 bridgehead atoms. The lowest BCUT2D eigenvalue weighted by Crippen LogP contribution is -2.14. The van der Waals surface area contributed by atoms with Gasteiger partial charge in [-0.15, -0.1) is 0 Å². The van der Waals surface area contributed by atoms with Gasteiger partial charge in [0.15, 0.2) is 0 Å². The van der Waals surface area contributed by atoms with Gasteiger partial charge in [-0.05, 0) is 17.7 Å². The van der Waals surface area contributed by atoms with E-state index in [1.54, 1.807) is 7.11 Å². The van der Waals surface area contributed by atoms with Crippen LogP contribution in [-0.4, -0.2) is 25.8 Å². The number of esters is 1. The Morgan fingerprint density at radius 2 is 2.11 bits per heavy atom. The van der Waals surface area contributed by atoms with E-state index in [1.165, 1.54) is 0 Å². The van der Waals surface area contributed by atoms with Crippen molar-refractivity contribution in [3.05, 3.63) is 42.0 Å². The largest absolute Gasteiger partial charge is 0.497 e. The topological polar surface area (TPSA) is 44.8 Å². The first kappa shape index (κ1) is 12.6. The summed E-state index contributed by atoms with van der Waals surface area (Å²) in [5.74, 6) is 0.507. The van der Waals surface area contributed by atoms with Gasteiger partial charge in [0.1, 0.15) is 11.9 Å². The van der Waals surface area contributed by atoms with E-state index in [0.717, 1.165) is 11.3 Å². The Bertz CT molecular complexity index is 420. The third kappa shape index (κ3) is 3.11. The molecule has 0 spiro atoms. The van der Waals surface area contributed by atoms with Crippen molar-refractivity contribution in [1.29, 1.82) is 0 Å². The Kier molecular flexibility index (Phi) is 3.99. The van der Waals surface area contributed by atoms with E-state index in [1.807, 2.05) is 24.3 Å². The Balaban J connectivity index is 1.75. The summed E-state index contributed by atoms with van der Waals surface area (Å²) in [7, 11) is 1.63. The maximum Gasteiger partial charge on any atom is 0.333 e. The fourth-order valence-electron chi connectivity index (χ4n) is 1.76. The summed E-state index contributed by atoms with van der Waals surface area (Å²) in [6.45, 7) is 4.52. The Morgan fingerprint density at radius 1 is 1.39 bits per heavy atom. The van der Waals surface area contributed by atoms with E-state index in [2.05, 4.69) is 6.58 Å². The summed E-state index contributed by atoms with van der Waals surface area (Å²) in [6, 6.07) is 7.66. The summed E-state index contributed by atoms with van der Waals surface area (Å²) in [5.41, 5.74) is 1.58. The van der Waals surface area contributed by atoms with Gasteiger partial charge < -0.3 is 14.2 Å². The predicted octanol–water partition coefficient (Wildman–Crippen LogP) is 2.08. The molecule has 4 heteroatoms. The second-order valence-corrected chi connectivity index (χ2v) is 4.20. The molecule has 1 atom stereocenters. The van der Waals surface area contributed by atoms with E-state index in [-0.39, 0.29) is 12.1 Å². The molecule has 1 saturated heterocycles. The number of carbonyl (C=O) groups is 1. The SMILES string of the molecule is C=C1CC(COCc2ccc(OC)cc2)OC1=O. The third-order valence-corrected chi connectivity index (χ3v) is 2.77. The zero-order valence-corrected chi connectivity index (χ0v) is 10.3. The highest BCUT2D eigenvalue weighted by Gasteiger charge is 2.27. The predicted molar refractivity (Wildman–Crippen MR) is 66.3 cm³/mol. The van der Waals surface area contributed by atoms with Crippen LogP contribution in [-0.2, 0) is 20.9 Å². The molecule has 2 rings (SSSR count). The molecule has 18 heavy (non-hydrogen) atoms. The number of hydrogen-bond acceptors (Lipinski definition) is 4. The van der Waals surface area contributed by atoms with Gasteiger partial charge in [-0.1, -0.05) is 18.7 Å². The second-order valence-electron chi connectivity index (χ2n) is 4.20. The molecule has 1 heterocycles. The zero-order valence-electron chi connectivity index (χ0n) is 10.3.